The van der Waals surface area contributed by atoms with Crippen LogP contribution in [0, 0.1) is 6.92 Å². The summed E-state index contributed by atoms with van der Waals surface area (Å²) in [7, 11) is 1.31. The van der Waals surface area contributed by atoms with Crippen LogP contribution >= 0.6 is 15.9 Å². The molecule has 0 aliphatic carbocycles. The molecule has 0 saturated carbocycles. The maximum absolute atomic E-state index is 12.2. The number of methoxy groups -OCH3 is 1. The van der Waals surface area contributed by atoms with E-state index in [-0.39, 0.29) is 11.2 Å². The van der Waals surface area contributed by atoms with Crippen LogP contribution in [0.5, 0.6) is 0 Å². The molecule has 0 N–H and O–H groups in total. The zero-order valence-corrected chi connectivity index (χ0v) is 14.2. The molecule has 3 rings (SSSR count). The second kappa shape index (κ2) is 6.04. The highest BCUT2D eigenvalue weighted by atomic mass is 79.9. The number of hydrogen-bond acceptors (Lipinski definition) is 4. The minimum Gasteiger partial charge on any atom is -0.463 e. The van der Waals surface area contributed by atoms with Gasteiger partial charge in [-0.15, -0.1) is 0 Å². The van der Waals surface area contributed by atoms with E-state index in [2.05, 4.69) is 20.7 Å². The summed E-state index contributed by atoms with van der Waals surface area (Å²) in [5.74, 6) is 0.260. The van der Waals surface area contributed by atoms with Gasteiger partial charge in [-0.1, -0.05) is 15.9 Å². The molecule has 1 aromatic carbocycles. The van der Waals surface area contributed by atoms with Crippen molar-refractivity contribution >= 4 is 32.8 Å². The van der Waals surface area contributed by atoms with Crippen molar-refractivity contribution in [3.63, 3.8) is 0 Å². The standard InChI is InChI=1S/C17H14BrNO4/c1-10-7-15(20)13-8-11(18)3-5-14(13)19(10)9-12-4-6-16(23-12)17(21)22-2/h3-8H,9H2,1-2H3. The van der Waals surface area contributed by atoms with Crippen LogP contribution in [0.25, 0.3) is 10.9 Å². The van der Waals surface area contributed by atoms with Crippen molar-refractivity contribution in [3.8, 4) is 0 Å². The van der Waals surface area contributed by atoms with Crippen molar-refractivity contribution < 1.29 is 13.9 Å². The number of hydrogen-bond donors (Lipinski definition) is 0. The third-order valence-corrected chi connectivity index (χ3v) is 4.14. The number of benzene rings is 1. The SMILES string of the molecule is COC(=O)c1ccc(Cn2c(C)cc(=O)c3cc(Br)ccc32)o1. The molecule has 6 heteroatoms. The lowest BCUT2D eigenvalue weighted by Crippen LogP contribution is -2.12. The predicted molar refractivity (Wildman–Crippen MR) is 89.8 cm³/mol. The smallest absolute Gasteiger partial charge is 0.373 e. The Morgan fingerprint density at radius 2 is 2.04 bits per heavy atom. The van der Waals surface area contributed by atoms with Crippen LogP contribution < -0.4 is 5.43 Å². The maximum atomic E-state index is 12.2. The number of aromatic nitrogens is 1. The Labute approximate surface area is 140 Å². The number of rotatable bonds is 3. The highest BCUT2D eigenvalue weighted by Gasteiger charge is 2.13. The largest absolute Gasteiger partial charge is 0.463 e. The van der Waals surface area contributed by atoms with Crippen LogP contribution in [0.4, 0.5) is 0 Å². The molecule has 2 heterocycles. The van der Waals surface area contributed by atoms with Crippen molar-refractivity contribution in [1.29, 1.82) is 0 Å². The van der Waals surface area contributed by atoms with Crippen molar-refractivity contribution in [2.75, 3.05) is 7.11 Å². The van der Waals surface area contributed by atoms with Gasteiger partial charge in [0.15, 0.2) is 5.43 Å². The fourth-order valence-corrected chi connectivity index (χ4v) is 2.88. The molecular formula is C17H14BrNO4. The number of fused-ring (bicyclic) bond motifs is 1. The molecule has 0 aliphatic rings. The Bertz CT molecular complexity index is 955. The second-order valence-corrected chi connectivity index (χ2v) is 6.07. The number of carbonyl (C=O) groups excluding carboxylic acids is 1. The maximum Gasteiger partial charge on any atom is 0.373 e. The zero-order chi connectivity index (χ0) is 16.6. The van der Waals surface area contributed by atoms with Gasteiger partial charge in [-0.05, 0) is 37.3 Å². The Kier molecular flexibility index (Phi) is 4.09. The first-order valence-electron chi connectivity index (χ1n) is 6.96. The molecule has 0 spiro atoms. The van der Waals surface area contributed by atoms with Crippen LogP contribution in [-0.2, 0) is 11.3 Å². The van der Waals surface area contributed by atoms with Gasteiger partial charge in [0.05, 0.1) is 19.2 Å². The first kappa shape index (κ1) is 15.6. The number of carbonyl (C=O) groups is 1. The Morgan fingerprint density at radius 3 is 2.78 bits per heavy atom. The first-order valence-corrected chi connectivity index (χ1v) is 7.75. The van der Waals surface area contributed by atoms with Crippen LogP contribution in [0.1, 0.15) is 22.0 Å². The number of halogens is 1. The van der Waals surface area contributed by atoms with Crippen LogP contribution in [-0.4, -0.2) is 17.6 Å². The van der Waals surface area contributed by atoms with Gasteiger partial charge in [-0.3, -0.25) is 4.79 Å². The van der Waals surface area contributed by atoms with Gasteiger partial charge in [0.2, 0.25) is 5.76 Å². The molecule has 5 nitrogen and oxygen atoms in total. The van der Waals surface area contributed by atoms with Gasteiger partial charge < -0.3 is 13.7 Å². The van der Waals surface area contributed by atoms with E-state index in [9.17, 15) is 9.59 Å². The zero-order valence-electron chi connectivity index (χ0n) is 12.6. The number of aryl methyl sites for hydroxylation is 1. The van der Waals surface area contributed by atoms with E-state index in [0.717, 1.165) is 15.7 Å². The topological polar surface area (TPSA) is 61.4 Å². The monoisotopic (exact) mass is 375 g/mol. The predicted octanol–water partition coefficient (Wildman–Crippen LogP) is 3.50. The highest BCUT2D eigenvalue weighted by Crippen LogP contribution is 2.20. The summed E-state index contributed by atoms with van der Waals surface area (Å²) in [6.07, 6.45) is 0. The van der Waals surface area contributed by atoms with E-state index in [1.165, 1.54) is 7.11 Å². The second-order valence-electron chi connectivity index (χ2n) is 5.16. The van der Waals surface area contributed by atoms with E-state index in [0.29, 0.717) is 17.7 Å². The molecule has 0 bridgehead atoms. The number of pyridine rings is 1. The molecule has 0 fully saturated rings. The van der Waals surface area contributed by atoms with E-state index in [4.69, 9.17) is 4.42 Å². The molecule has 23 heavy (non-hydrogen) atoms. The summed E-state index contributed by atoms with van der Waals surface area (Å²) >= 11 is 3.39. The van der Waals surface area contributed by atoms with Gasteiger partial charge in [0, 0.05) is 21.6 Å². The molecule has 3 aromatic rings. The van der Waals surface area contributed by atoms with Gasteiger partial charge in [0.1, 0.15) is 5.76 Å². The molecule has 2 aromatic heterocycles. The van der Waals surface area contributed by atoms with Crippen molar-refractivity contribution in [2.24, 2.45) is 0 Å². The Morgan fingerprint density at radius 1 is 1.26 bits per heavy atom. The van der Waals surface area contributed by atoms with Crippen LogP contribution in [0.15, 0.2) is 50.1 Å². The first-order chi connectivity index (χ1) is 11.0. The summed E-state index contributed by atoms with van der Waals surface area (Å²) in [6, 6.07) is 10.5. The van der Waals surface area contributed by atoms with Gasteiger partial charge in [-0.2, -0.15) is 0 Å². The average molecular weight is 376 g/mol. The fraction of sp³-hybridized carbons (Fsp3) is 0.176. The molecule has 0 unspecified atom stereocenters. The minimum atomic E-state index is -0.512. The summed E-state index contributed by atoms with van der Waals surface area (Å²) in [4.78, 5) is 23.6. The summed E-state index contributed by atoms with van der Waals surface area (Å²) in [5.41, 5.74) is 1.61. The van der Waals surface area contributed by atoms with Crippen molar-refractivity contribution in [3.05, 3.63) is 68.3 Å². The average Bonchev–Trinajstić information content (AvgIpc) is 2.99. The quantitative estimate of drug-likeness (QED) is 0.657. The molecular weight excluding hydrogens is 362 g/mol. The highest BCUT2D eigenvalue weighted by molar-refractivity contribution is 9.10. The van der Waals surface area contributed by atoms with Crippen molar-refractivity contribution in [1.82, 2.24) is 4.57 Å². The van der Waals surface area contributed by atoms with E-state index in [1.54, 1.807) is 24.3 Å². The third-order valence-electron chi connectivity index (χ3n) is 3.64. The molecule has 0 aliphatic heterocycles. The molecule has 0 amide bonds. The van der Waals surface area contributed by atoms with Gasteiger partial charge in [-0.25, -0.2) is 4.79 Å². The van der Waals surface area contributed by atoms with E-state index < -0.39 is 5.97 Å². The summed E-state index contributed by atoms with van der Waals surface area (Å²) in [5, 5.41) is 0.629. The van der Waals surface area contributed by atoms with Crippen LogP contribution in [0.3, 0.4) is 0 Å². The van der Waals surface area contributed by atoms with Crippen molar-refractivity contribution in [2.45, 2.75) is 13.5 Å². The summed E-state index contributed by atoms with van der Waals surface area (Å²) in [6.45, 7) is 2.29. The lowest BCUT2D eigenvalue weighted by molar-refractivity contribution is 0.0563. The lowest BCUT2D eigenvalue weighted by Gasteiger charge is -2.13. The Balaban J connectivity index is 2.08. The molecule has 0 saturated heterocycles. The van der Waals surface area contributed by atoms with E-state index in [1.807, 2.05) is 23.6 Å². The number of ether oxygens (including phenoxy) is 1. The molecule has 118 valence electrons. The summed E-state index contributed by atoms with van der Waals surface area (Å²) < 4.78 is 13.0. The number of nitrogens with zero attached hydrogens (tertiary/aromatic N) is 1. The third kappa shape index (κ3) is 2.94. The number of furan rings is 1. The molecule has 0 atom stereocenters. The normalized spacial score (nSPS) is 10.9. The molecule has 0 radical (unpaired) electrons. The number of esters is 1. The van der Waals surface area contributed by atoms with Crippen LogP contribution in [0.2, 0.25) is 0 Å². The lowest BCUT2D eigenvalue weighted by atomic mass is 10.2. The van der Waals surface area contributed by atoms with Gasteiger partial charge >= 0.3 is 5.97 Å². The van der Waals surface area contributed by atoms with E-state index >= 15 is 0 Å². The van der Waals surface area contributed by atoms with Gasteiger partial charge in [0.25, 0.3) is 0 Å². The minimum absolute atomic E-state index is 0.0234. The Hall–Kier alpha value is -2.34. The fourth-order valence-electron chi connectivity index (χ4n) is 2.52.